The van der Waals surface area contributed by atoms with E-state index in [9.17, 15) is 4.79 Å². The van der Waals surface area contributed by atoms with Gasteiger partial charge in [0.15, 0.2) is 0 Å². The molecule has 2 heteroatoms. The van der Waals surface area contributed by atoms with Crippen LogP contribution in [0.1, 0.15) is 46.5 Å². The van der Waals surface area contributed by atoms with Crippen LogP contribution in [0.25, 0.3) is 0 Å². The monoisotopic (exact) mass is 198 g/mol. The van der Waals surface area contributed by atoms with Gasteiger partial charge in [0.1, 0.15) is 0 Å². The lowest BCUT2D eigenvalue weighted by Gasteiger charge is -2.07. The van der Waals surface area contributed by atoms with Crippen molar-refractivity contribution in [2.24, 2.45) is 5.92 Å². The van der Waals surface area contributed by atoms with Crippen molar-refractivity contribution in [3.8, 4) is 0 Å². The Hall–Kier alpha value is -0.790. The van der Waals surface area contributed by atoms with Crippen molar-refractivity contribution in [1.29, 1.82) is 0 Å². The maximum atomic E-state index is 11.3. The predicted molar refractivity (Wildman–Crippen MR) is 59.1 cm³/mol. The van der Waals surface area contributed by atoms with Crippen molar-refractivity contribution in [2.75, 3.05) is 6.61 Å². The molecule has 82 valence electrons. The second-order valence-corrected chi connectivity index (χ2v) is 4.03. The lowest BCUT2D eigenvalue weighted by atomic mass is 10.1. The van der Waals surface area contributed by atoms with Gasteiger partial charge in [-0.15, -0.1) is 0 Å². The van der Waals surface area contributed by atoms with Crippen LogP contribution in [0.4, 0.5) is 0 Å². The number of rotatable bonds is 7. The molecule has 0 amide bonds. The highest BCUT2D eigenvalue weighted by Crippen LogP contribution is 2.07. The molecule has 0 saturated heterocycles. The largest absolute Gasteiger partial charge is 0.462 e. The summed E-state index contributed by atoms with van der Waals surface area (Å²) in [7, 11) is 0. The van der Waals surface area contributed by atoms with Gasteiger partial charge < -0.3 is 4.74 Å². The molecule has 0 rings (SSSR count). The van der Waals surface area contributed by atoms with Crippen LogP contribution in [-0.4, -0.2) is 12.6 Å². The topological polar surface area (TPSA) is 26.3 Å². The van der Waals surface area contributed by atoms with Gasteiger partial charge >= 0.3 is 5.97 Å². The first-order valence-corrected chi connectivity index (χ1v) is 5.42. The maximum Gasteiger partial charge on any atom is 0.333 e. The highest BCUT2D eigenvalue weighted by atomic mass is 16.5. The summed E-state index contributed by atoms with van der Waals surface area (Å²) in [4.78, 5) is 11.3. The SMILES string of the molecule is C=C(CCC)C(=O)OCCCC(C)C. The second-order valence-electron chi connectivity index (χ2n) is 4.03. The predicted octanol–water partition coefficient (Wildman–Crippen LogP) is 3.32. The van der Waals surface area contributed by atoms with Gasteiger partial charge in [0.05, 0.1) is 6.61 Å². The molecule has 0 N–H and O–H groups in total. The second kappa shape index (κ2) is 7.60. The molecule has 0 saturated carbocycles. The number of esters is 1. The summed E-state index contributed by atoms with van der Waals surface area (Å²) in [5.41, 5.74) is 0.594. The Balaban J connectivity index is 3.49. The fourth-order valence-corrected chi connectivity index (χ4v) is 1.16. The van der Waals surface area contributed by atoms with E-state index < -0.39 is 0 Å². The van der Waals surface area contributed by atoms with E-state index in [1.165, 1.54) is 0 Å². The Kier molecular flexibility index (Phi) is 7.17. The average Bonchev–Trinajstić information content (AvgIpc) is 2.12. The lowest BCUT2D eigenvalue weighted by molar-refractivity contribution is -0.139. The van der Waals surface area contributed by atoms with Gasteiger partial charge in [-0.3, -0.25) is 0 Å². The van der Waals surface area contributed by atoms with Crippen molar-refractivity contribution in [2.45, 2.75) is 46.5 Å². The number of ether oxygens (including phenoxy) is 1. The normalized spacial score (nSPS) is 10.3. The minimum Gasteiger partial charge on any atom is -0.462 e. The fraction of sp³-hybridized carbons (Fsp3) is 0.750. The van der Waals surface area contributed by atoms with E-state index >= 15 is 0 Å². The third-order valence-corrected chi connectivity index (χ3v) is 2.00. The van der Waals surface area contributed by atoms with Crippen LogP contribution in [0.5, 0.6) is 0 Å². The van der Waals surface area contributed by atoms with E-state index in [0.717, 1.165) is 25.7 Å². The highest BCUT2D eigenvalue weighted by Gasteiger charge is 2.06. The molecule has 0 aromatic heterocycles. The molecule has 0 bridgehead atoms. The van der Waals surface area contributed by atoms with Crippen LogP contribution in [0.15, 0.2) is 12.2 Å². The van der Waals surface area contributed by atoms with Crippen molar-refractivity contribution in [3.05, 3.63) is 12.2 Å². The molecular weight excluding hydrogens is 176 g/mol. The van der Waals surface area contributed by atoms with Gasteiger partial charge in [0.2, 0.25) is 0 Å². The minimum absolute atomic E-state index is 0.226. The molecule has 0 aliphatic carbocycles. The molecule has 2 nitrogen and oxygen atoms in total. The standard InChI is InChI=1S/C12H22O2/c1-5-7-11(4)12(13)14-9-6-8-10(2)3/h10H,4-9H2,1-3H3. The van der Waals surface area contributed by atoms with Crippen molar-refractivity contribution in [1.82, 2.24) is 0 Å². The molecule has 0 fully saturated rings. The molecule has 0 spiro atoms. The number of carbonyl (C=O) groups is 1. The van der Waals surface area contributed by atoms with E-state index in [1.807, 2.05) is 6.92 Å². The van der Waals surface area contributed by atoms with Gasteiger partial charge in [-0.05, 0) is 25.2 Å². The minimum atomic E-state index is -0.226. The summed E-state index contributed by atoms with van der Waals surface area (Å²) in [5.74, 6) is 0.447. The van der Waals surface area contributed by atoms with E-state index in [0.29, 0.717) is 18.1 Å². The third kappa shape index (κ3) is 6.70. The molecule has 0 aromatic carbocycles. The first kappa shape index (κ1) is 13.2. The summed E-state index contributed by atoms with van der Waals surface area (Å²) < 4.78 is 5.07. The summed E-state index contributed by atoms with van der Waals surface area (Å²) in [6.07, 6.45) is 3.74. The van der Waals surface area contributed by atoms with Crippen molar-refractivity contribution in [3.63, 3.8) is 0 Å². The fourth-order valence-electron chi connectivity index (χ4n) is 1.16. The van der Waals surface area contributed by atoms with Gasteiger partial charge in [0, 0.05) is 5.57 Å². The van der Waals surface area contributed by atoms with E-state index in [4.69, 9.17) is 4.74 Å². The molecule has 0 radical (unpaired) electrons. The number of hydrogen-bond donors (Lipinski definition) is 0. The quantitative estimate of drug-likeness (QED) is 0.356. The van der Waals surface area contributed by atoms with E-state index in [-0.39, 0.29) is 5.97 Å². The van der Waals surface area contributed by atoms with E-state index in [2.05, 4.69) is 20.4 Å². The van der Waals surface area contributed by atoms with Gasteiger partial charge in [-0.2, -0.15) is 0 Å². The van der Waals surface area contributed by atoms with Crippen molar-refractivity contribution < 1.29 is 9.53 Å². The molecule has 0 aromatic rings. The molecule has 0 atom stereocenters. The Bertz CT molecular complexity index is 183. The van der Waals surface area contributed by atoms with Gasteiger partial charge in [-0.1, -0.05) is 33.8 Å². The molecule has 0 aliphatic rings. The molecule has 0 aliphatic heterocycles. The molecule has 0 heterocycles. The first-order chi connectivity index (χ1) is 6.57. The van der Waals surface area contributed by atoms with Crippen LogP contribution in [-0.2, 0) is 9.53 Å². The molecule has 14 heavy (non-hydrogen) atoms. The van der Waals surface area contributed by atoms with Gasteiger partial charge in [0.25, 0.3) is 0 Å². The van der Waals surface area contributed by atoms with Gasteiger partial charge in [-0.25, -0.2) is 4.79 Å². The Morgan fingerprint density at radius 1 is 1.43 bits per heavy atom. The summed E-state index contributed by atoms with van der Waals surface area (Å²) in [5, 5.41) is 0. The Labute approximate surface area is 87.3 Å². The van der Waals surface area contributed by atoms with Crippen LogP contribution in [0.3, 0.4) is 0 Å². The average molecular weight is 198 g/mol. The van der Waals surface area contributed by atoms with Crippen LogP contribution < -0.4 is 0 Å². The number of carbonyl (C=O) groups excluding carboxylic acids is 1. The highest BCUT2D eigenvalue weighted by molar-refractivity contribution is 5.87. The van der Waals surface area contributed by atoms with Crippen LogP contribution in [0, 0.1) is 5.92 Å². The third-order valence-electron chi connectivity index (χ3n) is 2.00. The zero-order valence-corrected chi connectivity index (χ0v) is 9.64. The zero-order valence-electron chi connectivity index (χ0n) is 9.64. The summed E-state index contributed by atoms with van der Waals surface area (Å²) in [6.45, 7) is 10.6. The Morgan fingerprint density at radius 3 is 2.57 bits per heavy atom. The lowest BCUT2D eigenvalue weighted by Crippen LogP contribution is -2.08. The van der Waals surface area contributed by atoms with Crippen LogP contribution >= 0.6 is 0 Å². The number of hydrogen-bond acceptors (Lipinski definition) is 2. The molecular formula is C12H22O2. The summed E-state index contributed by atoms with van der Waals surface area (Å²) in [6, 6.07) is 0. The smallest absolute Gasteiger partial charge is 0.333 e. The summed E-state index contributed by atoms with van der Waals surface area (Å²) >= 11 is 0. The zero-order chi connectivity index (χ0) is 11.0. The van der Waals surface area contributed by atoms with Crippen LogP contribution in [0.2, 0.25) is 0 Å². The Morgan fingerprint density at radius 2 is 2.07 bits per heavy atom. The molecule has 0 unspecified atom stereocenters. The maximum absolute atomic E-state index is 11.3. The first-order valence-electron chi connectivity index (χ1n) is 5.42. The van der Waals surface area contributed by atoms with E-state index in [1.54, 1.807) is 0 Å². The van der Waals surface area contributed by atoms with Crippen molar-refractivity contribution >= 4 is 5.97 Å².